The quantitative estimate of drug-likeness (QED) is 0.719. The van der Waals surface area contributed by atoms with Crippen LogP contribution in [0.25, 0.3) is 0 Å². The molecule has 0 spiro atoms. The topological polar surface area (TPSA) is 12.9 Å². The summed E-state index contributed by atoms with van der Waals surface area (Å²) in [5.41, 5.74) is 1.15. The van der Waals surface area contributed by atoms with E-state index < -0.39 is 0 Å². The predicted octanol–water partition coefficient (Wildman–Crippen LogP) is 3.50. The molecule has 1 aromatic heterocycles. The van der Waals surface area contributed by atoms with Gasteiger partial charge >= 0.3 is 0 Å². The van der Waals surface area contributed by atoms with Crippen LogP contribution < -0.4 is 0 Å². The van der Waals surface area contributed by atoms with Crippen LogP contribution in [0.15, 0.2) is 21.3 Å². The third-order valence-electron chi connectivity index (χ3n) is 1.05. The van der Waals surface area contributed by atoms with E-state index in [-0.39, 0.29) is 0 Å². The van der Waals surface area contributed by atoms with E-state index in [4.69, 9.17) is 0 Å². The lowest BCUT2D eigenvalue weighted by molar-refractivity contribution is 1.22. The Morgan fingerprint density at radius 1 is 1.30 bits per heavy atom. The minimum Gasteiger partial charge on any atom is -0.263 e. The van der Waals surface area contributed by atoms with Gasteiger partial charge in [0.2, 0.25) is 0 Å². The van der Waals surface area contributed by atoms with Crippen molar-refractivity contribution in [2.24, 2.45) is 0 Å². The Kier molecular flexibility index (Phi) is 3.33. The lowest BCUT2D eigenvalue weighted by atomic mass is 10.3. The van der Waals surface area contributed by atoms with Gasteiger partial charge in [-0.25, -0.2) is 0 Å². The van der Waals surface area contributed by atoms with Crippen LogP contribution in [0, 0.1) is 0 Å². The van der Waals surface area contributed by atoms with Crippen molar-refractivity contribution in [2.45, 2.75) is 5.33 Å². The van der Waals surface area contributed by atoms with Crippen LogP contribution in [0.5, 0.6) is 0 Å². The summed E-state index contributed by atoms with van der Waals surface area (Å²) < 4.78 is 2.06. The minimum atomic E-state index is 0.819. The number of aromatic nitrogens is 1. The van der Waals surface area contributed by atoms with Crippen molar-refractivity contribution in [3.8, 4) is 0 Å². The first-order chi connectivity index (χ1) is 4.75. The first kappa shape index (κ1) is 8.68. The lowest BCUT2D eigenvalue weighted by Crippen LogP contribution is -1.83. The van der Waals surface area contributed by atoms with Crippen LogP contribution in [0.2, 0.25) is 0 Å². The van der Waals surface area contributed by atoms with Gasteiger partial charge in [-0.2, -0.15) is 0 Å². The van der Waals surface area contributed by atoms with Crippen LogP contribution in [-0.2, 0) is 5.33 Å². The zero-order valence-electron chi connectivity index (χ0n) is 4.94. The maximum atomic E-state index is 4.01. The Bertz CT molecular complexity index is 236. The molecule has 0 unspecified atom stereocenters. The normalized spacial score (nSPS) is 9.90. The second kappa shape index (κ2) is 3.83. The van der Waals surface area contributed by atoms with Crippen LogP contribution in [0.4, 0.5) is 0 Å². The average Bonchev–Trinajstić information content (AvgIpc) is 1.95. The van der Waals surface area contributed by atoms with Crippen molar-refractivity contribution in [1.82, 2.24) is 4.98 Å². The van der Waals surface area contributed by atoms with E-state index in [1.807, 2.05) is 6.20 Å². The summed E-state index contributed by atoms with van der Waals surface area (Å²) in [4.78, 5) is 4.01. The maximum Gasteiger partial charge on any atom is 0.0503 e. The highest BCUT2D eigenvalue weighted by Crippen LogP contribution is 2.26. The van der Waals surface area contributed by atoms with Gasteiger partial charge in [-0.3, -0.25) is 4.98 Å². The molecule has 0 aromatic carbocycles. The molecule has 0 saturated heterocycles. The molecule has 0 aliphatic carbocycles. The standard InChI is InChI=1S/C6H4Br3N/c7-1-4-2-10-3-5(8)6(4)9/h2-3H,1H2. The Morgan fingerprint density at radius 3 is 2.50 bits per heavy atom. The van der Waals surface area contributed by atoms with Gasteiger partial charge in [0.1, 0.15) is 0 Å². The van der Waals surface area contributed by atoms with E-state index in [0.29, 0.717) is 0 Å². The van der Waals surface area contributed by atoms with Crippen molar-refractivity contribution in [3.05, 3.63) is 26.9 Å². The molecular formula is C6H4Br3N. The van der Waals surface area contributed by atoms with Gasteiger partial charge in [-0.15, -0.1) is 0 Å². The lowest BCUT2D eigenvalue weighted by Gasteiger charge is -1.99. The molecule has 4 heteroatoms. The molecular weight excluding hydrogens is 326 g/mol. The maximum absolute atomic E-state index is 4.01. The molecule has 0 amide bonds. The summed E-state index contributed by atoms with van der Waals surface area (Å²) in [5, 5.41) is 0.819. The molecule has 54 valence electrons. The highest BCUT2D eigenvalue weighted by molar-refractivity contribution is 9.13. The number of rotatable bonds is 1. The van der Waals surface area contributed by atoms with E-state index in [2.05, 4.69) is 52.8 Å². The number of pyridine rings is 1. The van der Waals surface area contributed by atoms with Gasteiger partial charge in [0.25, 0.3) is 0 Å². The van der Waals surface area contributed by atoms with E-state index >= 15 is 0 Å². The molecule has 0 radical (unpaired) electrons. The van der Waals surface area contributed by atoms with Crippen molar-refractivity contribution in [1.29, 1.82) is 0 Å². The number of hydrogen-bond donors (Lipinski definition) is 0. The van der Waals surface area contributed by atoms with Crippen molar-refractivity contribution in [3.63, 3.8) is 0 Å². The molecule has 0 aliphatic rings. The van der Waals surface area contributed by atoms with Crippen molar-refractivity contribution < 1.29 is 0 Å². The Balaban J connectivity index is 3.14. The first-order valence-electron chi connectivity index (χ1n) is 2.59. The number of nitrogens with zero attached hydrogens (tertiary/aromatic N) is 1. The van der Waals surface area contributed by atoms with E-state index in [0.717, 1.165) is 19.8 Å². The molecule has 1 heterocycles. The average molecular weight is 330 g/mol. The zero-order chi connectivity index (χ0) is 7.56. The SMILES string of the molecule is BrCc1cncc(Br)c1Br. The van der Waals surface area contributed by atoms with Gasteiger partial charge in [0, 0.05) is 22.2 Å². The van der Waals surface area contributed by atoms with E-state index in [9.17, 15) is 0 Å². The Labute approximate surface area is 84.6 Å². The first-order valence-corrected chi connectivity index (χ1v) is 5.30. The molecule has 0 N–H and O–H groups in total. The fourth-order valence-corrected chi connectivity index (χ4v) is 2.07. The Hall–Kier alpha value is 0.590. The second-order valence-corrected chi connectivity index (χ2v) is 3.94. The molecule has 1 rings (SSSR count). The molecule has 1 aromatic rings. The summed E-state index contributed by atoms with van der Waals surface area (Å²) in [6.45, 7) is 0. The summed E-state index contributed by atoms with van der Waals surface area (Å²) in [6, 6.07) is 0. The largest absolute Gasteiger partial charge is 0.263 e. The summed E-state index contributed by atoms with van der Waals surface area (Å²) in [5.74, 6) is 0. The number of hydrogen-bond acceptors (Lipinski definition) is 1. The summed E-state index contributed by atoms with van der Waals surface area (Å²) >= 11 is 10.1. The van der Waals surface area contributed by atoms with Gasteiger partial charge in [0.05, 0.1) is 4.47 Å². The van der Waals surface area contributed by atoms with Crippen LogP contribution in [0.3, 0.4) is 0 Å². The van der Waals surface area contributed by atoms with Gasteiger partial charge in [-0.1, -0.05) is 15.9 Å². The molecule has 1 nitrogen and oxygen atoms in total. The highest BCUT2D eigenvalue weighted by Gasteiger charge is 2.00. The highest BCUT2D eigenvalue weighted by atomic mass is 79.9. The van der Waals surface area contributed by atoms with Crippen molar-refractivity contribution in [2.75, 3.05) is 0 Å². The molecule has 0 fully saturated rings. The number of alkyl halides is 1. The molecule has 0 bridgehead atoms. The van der Waals surface area contributed by atoms with Crippen LogP contribution >= 0.6 is 47.8 Å². The summed E-state index contributed by atoms with van der Waals surface area (Å²) in [6.07, 6.45) is 3.58. The minimum absolute atomic E-state index is 0.819. The van der Waals surface area contributed by atoms with Crippen molar-refractivity contribution >= 4 is 47.8 Å². The van der Waals surface area contributed by atoms with Crippen LogP contribution in [-0.4, -0.2) is 4.98 Å². The van der Waals surface area contributed by atoms with Gasteiger partial charge in [0.15, 0.2) is 0 Å². The predicted molar refractivity (Wildman–Crippen MR) is 52.3 cm³/mol. The third-order valence-corrected chi connectivity index (χ3v) is 3.73. The van der Waals surface area contributed by atoms with E-state index in [1.165, 1.54) is 0 Å². The van der Waals surface area contributed by atoms with E-state index in [1.54, 1.807) is 6.20 Å². The smallest absolute Gasteiger partial charge is 0.0503 e. The molecule has 10 heavy (non-hydrogen) atoms. The molecule has 0 saturated carbocycles. The summed E-state index contributed by atoms with van der Waals surface area (Å²) in [7, 11) is 0. The second-order valence-electron chi connectivity index (χ2n) is 1.73. The molecule has 0 atom stereocenters. The zero-order valence-corrected chi connectivity index (χ0v) is 9.70. The fraction of sp³-hybridized carbons (Fsp3) is 0.167. The van der Waals surface area contributed by atoms with Gasteiger partial charge < -0.3 is 0 Å². The number of halogens is 3. The van der Waals surface area contributed by atoms with Gasteiger partial charge in [-0.05, 0) is 37.4 Å². The fourth-order valence-electron chi connectivity index (χ4n) is 0.553. The molecule has 0 aliphatic heterocycles. The third kappa shape index (κ3) is 1.80. The van der Waals surface area contributed by atoms with Crippen LogP contribution in [0.1, 0.15) is 5.56 Å². The monoisotopic (exact) mass is 327 g/mol. The Morgan fingerprint density at radius 2 is 2.00 bits per heavy atom.